The lowest BCUT2D eigenvalue weighted by atomic mass is 10.1. The summed E-state index contributed by atoms with van der Waals surface area (Å²) < 4.78 is 6.16. The van der Waals surface area contributed by atoms with Gasteiger partial charge < -0.3 is 25.6 Å². The van der Waals surface area contributed by atoms with Crippen LogP contribution in [0.25, 0.3) is 10.9 Å². The van der Waals surface area contributed by atoms with Crippen LogP contribution < -0.4 is 20.7 Å². The van der Waals surface area contributed by atoms with Gasteiger partial charge in [-0.2, -0.15) is 0 Å². The van der Waals surface area contributed by atoms with Gasteiger partial charge in [0.1, 0.15) is 17.9 Å². The highest BCUT2D eigenvalue weighted by Crippen LogP contribution is 2.32. The Labute approximate surface area is 310 Å². The number of pyridine rings is 2. The van der Waals surface area contributed by atoms with Crippen molar-refractivity contribution in [3.63, 3.8) is 0 Å². The normalized spacial score (nSPS) is 10.8. The Morgan fingerprint density at radius 1 is 0.808 bits per heavy atom. The summed E-state index contributed by atoms with van der Waals surface area (Å²) in [5, 5.41) is 9.82. The number of nitrogens with one attached hydrogen (secondary N) is 3. The summed E-state index contributed by atoms with van der Waals surface area (Å²) in [6, 6.07) is 31.7. The molecule has 0 aliphatic heterocycles. The molecule has 0 atom stereocenters. The summed E-state index contributed by atoms with van der Waals surface area (Å²) in [6.07, 6.45) is 3.16. The number of halogens is 2. The van der Waals surface area contributed by atoms with Crippen molar-refractivity contribution in [3.8, 4) is 5.75 Å². The summed E-state index contributed by atoms with van der Waals surface area (Å²) in [6.45, 7) is 2.49. The average molecular weight is 734 g/mol. The van der Waals surface area contributed by atoms with Crippen LogP contribution in [0.1, 0.15) is 37.5 Å². The topological polar surface area (TPSA) is 126 Å². The van der Waals surface area contributed by atoms with Crippen molar-refractivity contribution >= 4 is 63.3 Å². The van der Waals surface area contributed by atoms with Crippen molar-refractivity contribution in [2.45, 2.75) is 20.1 Å². The molecule has 0 fully saturated rings. The van der Waals surface area contributed by atoms with Gasteiger partial charge in [0.25, 0.3) is 11.8 Å². The van der Waals surface area contributed by atoms with Crippen LogP contribution >= 0.6 is 23.2 Å². The molecular formula is C40H34Cl2N6O4. The molecular weight excluding hydrogens is 699 g/mol. The molecule has 0 unspecified atom stereocenters. The van der Waals surface area contributed by atoms with Gasteiger partial charge in [0.15, 0.2) is 0 Å². The molecule has 3 N–H and O–H groups in total. The summed E-state index contributed by atoms with van der Waals surface area (Å²) >= 11 is 13.5. The smallest absolute Gasteiger partial charge is 0.319 e. The number of benzene rings is 4. The molecule has 12 heteroatoms. The molecule has 2 aromatic heterocycles. The number of para-hydroxylation sites is 1. The fraction of sp³-hybridized carbons (Fsp3) is 0.125. The number of hydrogen-bond acceptors (Lipinski definition) is 6. The molecule has 4 aromatic carbocycles. The number of aryl methyl sites for hydroxylation is 1. The first-order valence-corrected chi connectivity index (χ1v) is 17.2. The highest BCUT2D eigenvalue weighted by Gasteiger charge is 2.23. The van der Waals surface area contributed by atoms with Crippen molar-refractivity contribution in [3.05, 3.63) is 160 Å². The third-order valence-electron chi connectivity index (χ3n) is 8.10. The minimum atomic E-state index is -0.499. The van der Waals surface area contributed by atoms with Crippen LogP contribution in [0.4, 0.5) is 16.2 Å². The minimum absolute atomic E-state index is 0.0144. The highest BCUT2D eigenvalue weighted by atomic mass is 35.5. The molecule has 0 aliphatic carbocycles. The third kappa shape index (κ3) is 9.03. The number of amides is 4. The number of anilines is 2. The molecule has 0 radical (unpaired) electrons. The largest absolute Gasteiger partial charge is 0.487 e. The van der Waals surface area contributed by atoms with Gasteiger partial charge in [-0.15, -0.1) is 0 Å². The van der Waals surface area contributed by atoms with Crippen molar-refractivity contribution in [2.75, 3.05) is 23.7 Å². The molecule has 0 spiro atoms. The van der Waals surface area contributed by atoms with Crippen molar-refractivity contribution in [1.82, 2.24) is 20.2 Å². The van der Waals surface area contributed by atoms with E-state index < -0.39 is 6.03 Å². The molecule has 0 saturated carbocycles. The summed E-state index contributed by atoms with van der Waals surface area (Å²) in [4.78, 5) is 49.9. The number of ether oxygens (including phenoxy) is 1. The van der Waals surface area contributed by atoms with Crippen molar-refractivity contribution in [1.29, 1.82) is 0 Å². The second-order valence-corrected chi connectivity index (χ2v) is 12.6. The number of urea groups is 1. The van der Waals surface area contributed by atoms with E-state index in [0.29, 0.717) is 38.8 Å². The van der Waals surface area contributed by atoms with Crippen LogP contribution in [-0.2, 0) is 13.2 Å². The van der Waals surface area contributed by atoms with Gasteiger partial charge in [-0.1, -0.05) is 77.8 Å². The number of carbonyl (C=O) groups is 3. The minimum Gasteiger partial charge on any atom is -0.487 e. The van der Waals surface area contributed by atoms with Gasteiger partial charge >= 0.3 is 6.03 Å². The van der Waals surface area contributed by atoms with Gasteiger partial charge in [-0.05, 0) is 67.1 Å². The summed E-state index contributed by atoms with van der Waals surface area (Å²) in [7, 11) is 0. The molecule has 6 rings (SSSR count). The lowest BCUT2D eigenvalue weighted by Gasteiger charge is -2.24. The van der Waals surface area contributed by atoms with Crippen LogP contribution in [0.15, 0.2) is 122 Å². The number of nitrogens with zero attached hydrogens (tertiary/aromatic N) is 3. The molecule has 4 amide bonds. The Kier molecular flexibility index (Phi) is 11.6. The van der Waals surface area contributed by atoms with E-state index in [0.717, 1.165) is 16.6 Å². The predicted molar refractivity (Wildman–Crippen MR) is 204 cm³/mol. The van der Waals surface area contributed by atoms with Crippen LogP contribution in [0, 0.1) is 6.92 Å². The lowest BCUT2D eigenvalue weighted by Crippen LogP contribution is -2.39. The molecule has 52 heavy (non-hydrogen) atoms. The van der Waals surface area contributed by atoms with Crippen LogP contribution in [0.5, 0.6) is 5.75 Å². The van der Waals surface area contributed by atoms with E-state index in [2.05, 4.69) is 25.9 Å². The maximum absolute atomic E-state index is 14.1. The van der Waals surface area contributed by atoms with Gasteiger partial charge in [0, 0.05) is 70.6 Å². The molecule has 2 heterocycles. The maximum Gasteiger partial charge on any atom is 0.319 e. The predicted octanol–water partition coefficient (Wildman–Crippen LogP) is 8.54. The van der Waals surface area contributed by atoms with Crippen LogP contribution in [0.2, 0.25) is 10.0 Å². The zero-order valence-electron chi connectivity index (χ0n) is 28.1. The van der Waals surface area contributed by atoms with E-state index in [1.54, 1.807) is 65.8 Å². The molecule has 0 saturated heterocycles. The van der Waals surface area contributed by atoms with Crippen LogP contribution in [-0.4, -0.2) is 45.8 Å². The Bertz CT molecular complexity index is 2220. The van der Waals surface area contributed by atoms with E-state index in [1.165, 1.54) is 0 Å². The zero-order valence-corrected chi connectivity index (χ0v) is 29.6. The van der Waals surface area contributed by atoms with E-state index in [-0.39, 0.29) is 48.6 Å². The average Bonchev–Trinajstić information content (AvgIpc) is 3.15. The number of carbonyl (C=O) groups excluding carboxylic acids is 3. The molecule has 0 aliphatic rings. The SMILES string of the molecule is Cc1ccc2cccc(OCc3c(Cl)ccc(C(=O)N(CCNC(=O)Nc4cccc(C(=O)Nc5ccncc5)c4)Cc4ccccc4)c3Cl)c2n1. The summed E-state index contributed by atoms with van der Waals surface area (Å²) in [5.41, 5.74) is 4.57. The van der Waals surface area contributed by atoms with Crippen molar-refractivity contribution < 1.29 is 19.1 Å². The van der Waals surface area contributed by atoms with Gasteiger partial charge in [0.05, 0.1) is 10.6 Å². The fourth-order valence-electron chi connectivity index (χ4n) is 5.46. The van der Waals surface area contributed by atoms with Gasteiger partial charge in [0.2, 0.25) is 0 Å². The second-order valence-electron chi connectivity index (χ2n) is 11.8. The Morgan fingerprint density at radius 3 is 2.40 bits per heavy atom. The quantitative estimate of drug-likeness (QED) is 0.116. The van der Waals surface area contributed by atoms with E-state index in [1.807, 2.05) is 67.6 Å². The lowest BCUT2D eigenvalue weighted by molar-refractivity contribution is 0.0745. The third-order valence-corrected chi connectivity index (χ3v) is 8.89. The Morgan fingerprint density at radius 2 is 1.60 bits per heavy atom. The molecule has 10 nitrogen and oxygen atoms in total. The van der Waals surface area contributed by atoms with Gasteiger partial charge in [-0.3, -0.25) is 14.6 Å². The first-order chi connectivity index (χ1) is 25.2. The van der Waals surface area contributed by atoms with Gasteiger partial charge in [-0.25, -0.2) is 9.78 Å². The van der Waals surface area contributed by atoms with E-state index in [4.69, 9.17) is 27.9 Å². The van der Waals surface area contributed by atoms with E-state index >= 15 is 0 Å². The van der Waals surface area contributed by atoms with E-state index in [9.17, 15) is 14.4 Å². The standard InChI is InChI=1S/C40H34Cl2N6O4/c1-26-13-14-28-9-6-12-35(37(28)45-26)52-25-33-34(41)16-15-32(36(33)42)39(50)48(24-27-7-3-2-4-8-27)22-21-44-40(51)47-31-11-5-10-29(23-31)38(49)46-30-17-19-43-20-18-30/h2-20,23H,21-22,24-25H2,1H3,(H,43,46,49)(H2,44,47,51). The number of rotatable bonds is 12. The number of fused-ring (bicyclic) bond motifs is 1. The summed E-state index contributed by atoms with van der Waals surface area (Å²) in [5.74, 6) is -0.106. The monoisotopic (exact) mass is 732 g/mol. The number of hydrogen-bond donors (Lipinski definition) is 3. The number of aromatic nitrogens is 2. The maximum atomic E-state index is 14.1. The fourth-order valence-corrected chi connectivity index (χ4v) is 6.02. The molecule has 6 aromatic rings. The zero-order chi connectivity index (χ0) is 36.5. The highest BCUT2D eigenvalue weighted by molar-refractivity contribution is 6.38. The Hall–Kier alpha value is -5.97. The second kappa shape index (κ2) is 16.8. The Balaban J connectivity index is 1.13. The first-order valence-electron chi connectivity index (χ1n) is 16.4. The first kappa shape index (κ1) is 35.8. The van der Waals surface area contributed by atoms with Crippen LogP contribution in [0.3, 0.4) is 0 Å². The van der Waals surface area contributed by atoms with Crippen molar-refractivity contribution in [2.24, 2.45) is 0 Å². The molecule has 262 valence electrons. The molecule has 0 bridgehead atoms.